The number of nitrogens with one attached hydrogen (secondary N) is 1. The fraction of sp³-hybridized carbons (Fsp3) is 0.235. The largest absolute Gasteiger partial charge is 0.341 e. The number of fused-ring (bicyclic) bond motifs is 1. The second-order valence-electron chi connectivity index (χ2n) is 6.02. The number of para-hydroxylation sites is 2. The Balaban J connectivity index is 1.75. The van der Waals surface area contributed by atoms with Gasteiger partial charge in [0.05, 0.1) is 22.0 Å². The molecule has 1 saturated heterocycles. The van der Waals surface area contributed by atoms with E-state index in [2.05, 4.69) is 9.97 Å². The lowest BCUT2D eigenvalue weighted by Gasteiger charge is -2.22. The third-order valence-electron chi connectivity index (χ3n) is 4.37. The molecule has 0 spiro atoms. The van der Waals surface area contributed by atoms with Crippen molar-refractivity contribution in [2.75, 3.05) is 6.54 Å². The van der Waals surface area contributed by atoms with Crippen molar-refractivity contribution in [3.8, 4) is 0 Å². The second-order valence-corrected chi connectivity index (χ2v) is 8.78. The van der Waals surface area contributed by atoms with Gasteiger partial charge in [-0.2, -0.15) is 4.31 Å². The van der Waals surface area contributed by atoms with Gasteiger partial charge in [0.1, 0.15) is 5.82 Å². The molecule has 130 valence electrons. The SMILES string of the molecule is O=S(=O)(c1cc(Cl)cc(Cl)c1)N1CCC[C@H]1c1nc2ccccc2[nH]1. The van der Waals surface area contributed by atoms with Gasteiger partial charge < -0.3 is 4.98 Å². The van der Waals surface area contributed by atoms with E-state index < -0.39 is 10.0 Å². The number of benzene rings is 2. The van der Waals surface area contributed by atoms with Gasteiger partial charge >= 0.3 is 0 Å². The smallest absolute Gasteiger partial charge is 0.243 e. The van der Waals surface area contributed by atoms with Crippen LogP contribution in [0, 0.1) is 0 Å². The molecule has 0 saturated carbocycles. The lowest BCUT2D eigenvalue weighted by atomic mass is 10.2. The number of hydrogen-bond donors (Lipinski definition) is 1. The van der Waals surface area contributed by atoms with Crippen LogP contribution >= 0.6 is 23.2 Å². The summed E-state index contributed by atoms with van der Waals surface area (Å²) >= 11 is 12.0. The molecular weight excluding hydrogens is 381 g/mol. The zero-order valence-electron chi connectivity index (χ0n) is 13.1. The number of sulfonamides is 1. The summed E-state index contributed by atoms with van der Waals surface area (Å²) < 4.78 is 27.7. The molecule has 0 aliphatic carbocycles. The Morgan fingerprint density at radius 2 is 1.84 bits per heavy atom. The molecule has 25 heavy (non-hydrogen) atoms. The van der Waals surface area contributed by atoms with Gasteiger partial charge in [-0.05, 0) is 43.2 Å². The van der Waals surface area contributed by atoms with Crippen LogP contribution in [-0.2, 0) is 10.0 Å². The maximum absolute atomic E-state index is 13.1. The molecule has 8 heteroatoms. The Hall–Kier alpha value is -1.60. The lowest BCUT2D eigenvalue weighted by Crippen LogP contribution is -2.31. The first-order chi connectivity index (χ1) is 11.9. The van der Waals surface area contributed by atoms with Crippen LogP contribution in [0.25, 0.3) is 11.0 Å². The zero-order chi connectivity index (χ0) is 17.6. The quantitative estimate of drug-likeness (QED) is 0.714. The van der Waals surface area contributed by atoms with Gasteiger partial charge in [0.15, 0.2) is 0 Å². The van der Waals surface area contributed by atoms with Crippen molar-refractivity contribution in [3.05, 3.63) is 58.3 Å². The molecule has 1 aromatic heterocycles. The first kappa shape index (κ1) is 16.8. The monoisotopic (exact) mass is 395 g/mol. The second kappa shape index (κ2) is 6.29. The summed E-state index contributed by atoms with van der Waals surface area (Å²) in [5.41, 5.74) is 1.72. The molecule has 0 unspecified atom stereocenters. The highest BCUT2D eigenvalue weighted by molar-refractivity contribution is 7.89. The number of hydrogen-bond acceptors (Lipinski definition) is 3. The Morgan fingerprint density at radius 3 is 2.56 bits per heavy atom. The van der Waals surface area contributed by atoms with Crippen LogP contribution in [0.5, 0.6) is 0 Å². The summed E-state index contributed by atoms with van der Waals surface area (Å²) in [5.74, 6) is 0.662. The summed E-state index contributed by atoms with van der Waals surface area (Å²) in [4.78, 5) is 7.92. The van der Waals surface area contributed by atoms with E-state index in [9.17, 15) is 8.42 Å². The first-order valence-electron chi connectivity index (χ1n) is 7.88. The Labute approximate surface area is 155 Å². The van der Waals surface area contributed by atoms with Gasteiger partial charge in [-0.25, -0.2) is 13.4 Å². The van der Waals surface area contributed by atoms with Gasteiger partial charge in [0, 0.05) is 16.6 Å². The van der Waals surface area contributed by atoms with Crippen molar-refractivity contribution in [2.45, 2.75) is 23.8 Å². The molecule has 5 nitrogen and oxygen atoms in total. The highest BCUT2D eigenvalue weighted by Crippen LogP contribution is 2.37. The van der Waals surface area contributed by atoms with Crippen LogP contribution in [0.3, 0.4) is 0 Å². The molecule has 1 atom stereocenters. The van der Waals surface area contributed by atoms with Crippen molar-refractivity contribution in [3.63, 3.8) is 0 Å². The molecule has 4 rings (SSSR count). The highest BCUT2D eigenvalue weighted by atomic mass is 35.5. The van der Waals surface area contributed by atoms with Crippen molar-refractivity contribution in [1.82, 2.24) is 14.3 Å². The maximum atomic E-state index is 13.1. The van der Waals surface area contributed by atoms with Crippen molar-refractivity contribution < 1.29 is 8.42 Å². The summed E-state index contributed by atoms with van der Waals surface area (Å²) in [7, 11) is -3.71. The molecule has 0 amide bonds. The number of nitrogens with zero attached hydrogens (tertiary/aromatic N) is 2. The zero-order valence-corrected chi connectivity index (χ0v) is 15.4. The van der Waals surface area contributed by atoms with Crippen molar-refractivity contribution in [2.24, 2.45) is 0 Å². The topological polar surface area (TPSA) is 66.1 Å². The fourth-order valence-electron chi connectivity index (χ4n) is 3.24. The van der Waals surface area contributed by atoms with Gasteiger partial charge in [0.2, 0.25) is 10.0 Å². The Bertz CT molecular complexity index is 996. The molecule has 3 aromatic rings. The van der Waals surface area contributed by atoms with E-state index in [0.717, 1.165) is 17.5 Å². The molecule has 1 aliphatic heterocycles. The third-order valence-corrected chi connectivity index (χ3v) is 6.69. The Morgan fingerprint density at radius 1 is 1.12 bits per heavy atom. The molecule has 0 bridgehead atoms. The highest BCUT2D eigenvalue weighted by Gasteiger charge is 2.38. The Kier molecular flexibility index (Phi) is 4.24. The van der Waals surface area contributed by atoms with Crippen LogP contribution in [-0.4, -0.2) is 29.2 Å². The van der Waals surface area contributed by atoms with Crippen LogP contribution in [0.4, 0.5) is 0 Å². The minimum Gasteiger partial charge on any atom is -0.341 e. The average molecular weight is 396 g/mol. The summed E-state index contributed by atoms with van der Waals surface area (Å²) in [6.07, 6.45) is 1.49. The predicted octanol–water partition coefficient (Wildman–Crippen LogP) is 4.40. The van der Waals surface area contributed by atoms with E-state index in [1.54, 1.807) is 0 Å². The molecule has 2 heterocycles. The summed E-state index contributed by atoms with van der Waals surface area (Å²) in [5, 5.41) is 0.594. The molecule has 2 aromatic carbocycles. The minimum atomic E-state index is -3.71. The van der Waals surface area contributed by atoms with E-state index in [-0.39, 0.29) is 10.9 Å². The predicted molar refractivity (Wildman–Crippen MR) is 98.4 cm³/mol. The number of halogens is 2. The van der Waals surface area contributed by atoms with E-state index in [0.29, 0.717) is 28.8 Å². The van der Waals surface area contributed by atoms with Crippen LogP contribution in [0.15, 0.2) is 47.4 Å². The normalized spacial score (nSPS) is 18.9. The standard InChI is InChI=1S/C17H15Cl2N3O2S/c18-11-8-12(19)10-13(9-11)25(23,24)22-7-3-6-16(22)17-20-14-4-1-2-5-15(14)21-17/h1-2,4-5,8-10,16H,3,6-7H2,(H,20,21)/t16-/m0/s1. The minimum absolute atomic E-state index is 0.105. The van der Waals surface area contributed by atoms with E-state index in [4.69, 9.17) is 23.2 Å². The molecule has 0 radical (unpaired) electrons. The lowest BCUT2D eigenvalue weighted by molar-refractivity contribution is 0.385. The molecular formula is C17H15Cl2N3O2S. The van der Waals surface area contributed by atoms with Crippen LogP contribution in [0.2, 0.25) is 10.0 Å². The van der Waals surface area contributed by atoms with Crippen LogP contribution < -0.4 is 0 Å². The van der Waals surface area contributed by atoms with Crippen molar-refractivity contribution >= 4 is 44.3 Å². The maximum Gasteiger partial charge on any atom is 0.243 e. The molecule has 1 N–H and O–H groups in total. The average Bonchev–Trinajstić information content (AvgIpc) is 3.20. The third kappa shape index (κ3) is 3.04. The van der Waals surface area contributed by atoms with Gasteiger partial charge in [-0.3, -0.25) is 0 Å². The number of H-pyrrole nitrogens is 1. The van der Waals surface area contributed by atoms with Gasteiger partial charge in [-0.15, -0.1) is 0 Å². The molecule has 1 aliphatic rings. The summed E-state index contributed by atoms with van der Waals surface area (Å²) in [6.45, 7) is 0.439. The first-order valence-corrected chi connectivity index (χ1v) is 10.1. The van der Waals surface area contributed by atoms with E-state index in [1.165, 1.54) is 22.5 Å². The van der Waals surface area contributed by atoms with Gasteiger partial charge in [0.25, 0.3) is 0 Å². The van der Waals surface area contributed by atoms with E-state index >= 15 is 0 Å². The van der Waals surface area contributed by atoms with Crippen LogP contribution in [0.1, 0.15) is 24.7 Å². The number of aromatic amines is 1. The number of aromatic nitrogens is 2. The number of rotatable bonds is 3. The van der Waals surface area contributed by atoms with Crippen molar-refractivity contribution in [1.29, 1.82) is 0 Å². The summed E-state index contributed by atoms with van der Waals surface area (Å²) in [6, 6.07) is 11.7. The van der Waals surface area contributed by atoms with Gasteiger partial charge in [-0.1, -0.05) is 35.3 Å². The molecule has 1 fully saturated rings. The van der Waals surface area contributed by atoms with E-state index in [1.807, 2.05) is 24.3 Å². The fourth-order valence-corrected chi connectivity index (χ4v) is 5.63. The number of imidazole rings is 1.